The molecule has 0 saturated carbocycles. The first-order valence-corrected chi connectivity index (χ1v) is 6.63. The van der Waals surface area contributed by atoms with E-state index in [0.29, 0.717) is 16.6 Å². The number of hydrogen-bond acceptors (Lipinski definition) is 3. The largest absolute Gasteiger partial charge is 0.380 e. The van der Waals surface area contributed by atoms with E-state index in [9.17, 15) is 0 Å². The van der Waals surface area contributed by atoms with Gasteiger partial charge in [-0.2, -0.15) is 0 Å². The van der Waals surface area contributed by atoms with Gasteiger partial charge in [0.2, 0.25) is 0 Å². The van der Waals surface area contributed by atoms with Crippen LogP contribution in [-0.2, 0) is 6.54 Å². The fraction of sp³-hybridized carbons (Fsp3) is 0.214. The highest BCUT2D eigenvalue weighted by molar-refractivity contribution is 6.33. The smallest absolute Gasteiger partial charge is 0.128 e. The number of pyridine rings is 1. The van der Waals surface area contributed by atoms with Crippen molar-refractivity contribution in [3.05, 3.63) is 52.1 Å². The number of benzene rings is 1. The topological polar surface area (TPSA) is 28.2 Å². The van der Waals surface area contributed by atoms with Gasteiger partial charge in [0.25, 0.3) is 0 Å². The molecule has 3 nitrogen and oxygen atoms in total. The third-order valence-corrected chi connectivity index (χ3v) is 3.30. The molecule has 1 aromatic heterocycles. The maximum atomic E-state index is 6.11. The number of nitrogens with one attached hydrogen (secondary N) is 1. The highest BCUT2D eigenvalue weighted by Crippen LogP contribution is 2.22. The standard InChI is InChI=1S/C14H15Cl2N3/c1-19(2)14-6-4-12(9-18-14)17-8-10-7-11(15)3-5-13(10)16/h3-7,9,17H,8H2,1-2H3. The predicted molar refractivity (Wildman–Crippen MR) is 82.4 cm³/mol. The second-order valence-corrected chi connectivity index (χ2v) is 5.23. The summed E-state index contributed by atoms with van der Waals surface area (Å²) in [6.45, 7) is 0.613. The lowest BCUT2D eigenvalue weighted by Gasteiger charge is -2.12. The first kappa shape index (κ1) is 14.0. The van der Waals surface area contributed by atoms with Crippen LogP contribution in [-0.4, -0.2) is 19.1 Å². The molecule has 5 heteroatoms. The van der Waals surface area contributed by atoms with E-state index < -0.39 is 0 Å². The average molecular weight is 296 g/mol. The van der Waals surface area contributed by atoms with Gasteiger partial charge in [-0.3, -0.25) is 0 Å². The first-order chi connectivity index (χ1) is 9.06. The van der Waals surface area contributed by atoms with Gasteiger partial charge in [0.15, 0.2) is 0 Å². The molecule has 0 atom stereocenters. The van der Waals surface area contributed by atoms with Gasteiger partial charge in [0.1, 0.15) is 5.82 Å². The Kier molecular flexibility index (Phi) is 4.51. The molecule has 0 saturated heterocycles. The number of aromatic nitrogens is 1. The van der Waals surface area contributed by atoms with Gasteiger partial charge in [-0.15, -0.1) is 0 Å². The van der Waals surface area contributed by atoms with E-state index in [2.05, 4.69) is 10.3 Å². The SMILES string of the molecule is CN(C)c1ccc(NCc2cc(Cl)ccc2Cl)cn1. The summed E-state index contributed by atoms with van der Waals surface area (Å²) in [6.07, 6.45) is 1.80. The molecule has 0 bridgehead atoms. The van der Waals surface area contributed by atoms with Crippen LogP contribution in [0.5, 0.6) is 0 Å². The Balaban J connectivity index is 2.04. The maximum Gasteiger partial charge on any atom is 0.128 e. The Hall–Kier alpha value is -1.45. The molecule has 1 aromatic carbocycles. The zero-order valence-corrected chi connectivity index (χ0v) is 12.3. The second-order valence-electron chi connectivity index (χ2n) is 4.39. The molecule has 0 radical (unpaired) electrons. The molecule has 0 aliphatic heterocycles. The summed E-state index contributed by atoms with van der Waals surface area (Å²) in [6, 6.07) is 9.39. The summed E-state index contributed by atoms with van der Waals surface area (Å²) >= 11 is 12.1. The van der Waals surface area contributed by atoms with Crippen molar-refractivity contribution in [1.29, 1.82) is 0 Å². The van der Waals surface area contributed by atoms with Crippen molar-refractivity contribution in [2.45, 2.75) is 6.54 Å². The monoisotopic (exact) mass is 295 g/mol. The maximum absolute atomic E-state index is 6.11. The molecule has 1 heterocycles. The van der Waals surface area contributed by atoms with Crippen molar-refractivity contribution in [3.8, 4) is 0 Å². The molecule has 0 fully saturated rings. The third-order valence-electron chi connectivity index (χ3n) is 2.70. The number of rotatable bonds is 4. The van der Waals surface area contributed by atoms with Crippen LogP contribution in [0.2, 0.25) is 10.0 Å². The van der Waals surface area contributed by atoms with Gasteiger partial charge in [-0.05, 0) is 35.9 Å². The van der Waals surface area contributed by atoms with Crippen LogP contribution in [0.3, 0.4) is 0 Å². The van der Waals surface area contributed by atoms with E-state index in [4.69, 9.17) is 23.2 Å². The van der Waals surface area contributed by atoms with Crippen LogP contribution in [0.25, 0.3) is 0 Å². The number of halogens is 2. The minimum atomic E-state index is 0.613. The van der Waals surface area contributed by atoms with Crippen molar-refractivity contribution in [3.63, 3.8) is 0 Å². The molecular formula is C14H15Cl2N3. The van der Waals surface area contributed by atoms with Crippen LogP contribution in [0, 0.1) is 0 Å². The van der Waals surface area contributed by atoms with Gasteiger partial charge in [-0.25, -0.2) is 4.98 Å². The zero-order valence-electron chi connectivity index (χ0n) is 10.8. The quantitative estimate of drug-likeness (QED) is 0.922. The Morgan fingerprint density at radius 2 is 1.95 bits per heavy atom. The van der Waals surface area contributed by atoms with Gasteiger partial charge >= 0.3 is 0 Å². The molecule has 19 heavy (non-hydrogen) atoms. The van der Waals surface area contributed by atoms with Crippen molar-refractivity contribution >= 4 is 34.7 Å². The highest BCUT2D eigenvalue weighted by Gasteiger charge is 2.02. The molecule has 0 aliphatic carbocycles. The minimum Gasteiger partial charge on any atom is -0.380 e. The van der Waals surface area contributed by atoms with Crippen LogP contribution < -0.4 is 10.2 Å². The predicted octanol–water partition coefficient (Wildman–Crippen LogP) is 4.07. The summed E-state index contributed by atoms with van der Waals surface area (Å²) in [7, 11) is 3.92. The minimum absolute atomic E-state index is 0.613. The summed E-state index contributed by atoms with van der Waals surface area (Å²) in [4.78, 5) is 6.29. The van der Waals surface area contributed by atoms with E-state index in [1.807, 2.05) is 37.2 Å². The molecule has 0 amide bonds. The Morgan fingerprint density at radius 1 is 1.16 bits per heavy atom. The van der Waals surface area contributed by atoms with Gasteiger partial charge < -0.3 is 10.2 Å². The fourth-order valence-electron chi connectivity index (χ4n) is 1.63. The van der Waals surface area contributed by atoms with Crippen molar-refractivity contribution in [1.82, 2.24) is 4.98 Å². The number of anilines is 2. The molecule has 0 spiro atoms. The molecule has 1 N–H and O–H groups in total. The molecule has 0 unspecified atom stereocenters. The van der Waals surface area contributed by atoms with E-state index in [1.54, 1.807) is 18.3 Å². The average Bonchev–Trinajstić information content (AvgIpc) is 2.40. The van der Waals surface area contributed by atoms with Crippen molar-refractivity contribution in [2.75, 3.05) is 24.3 Å². The lowest BCUT2D eigenvalue weighted by molar-refractivity contribution is 1.06. The van der Waals surface area contributed by atoms with Crippen molar-refractivity contribution < 1.29 is 0 Å². The lowest BCUT2D eigenvalue weighted by Crippen LogP contribution is -2.10. The van der Waals surface area contributed by atoms with Gasteiger partial charge in [0.05, 0.1) is 11.9 Å². The Labute approximate surface area is 123 Å². The Bertz CT molecular complexity index is 553. The molecule has 2 rings (SSSR count). The van der Waals surface area contributed by atoms with Crippen LogP contribution in [0.4, 0.5) is 11.5 Å². The van der Waals surface area contributed by atoms with E-state index >= 15 is 0 Å². The highest BCUT2D eigenvalue weighted by atomic mass is 35.5. The van der Waals surface area contributed by atoms with Crippen LogP contribution in [0.15, 0.2) is 36.5 Å². The first-order valence-electron chi connectivity index (χ1n) is 5.87. The summed E-state index contributed by atoms with van der Waals surface area (Å²) in [5.41, 5.74) is 1.91. The van der Waals surface area contributed by atoms with E-state index in [1.165, 1.54) is 0 Å². The lowest BCUT2D eigenvalue weighted by atomic mass is 10.2. The van der Waals surface area contributed by atoms with Gasteiger partial charge in [-0.1, -0.05) is 23.2 Å². The summed E-state index contributed by atoms with van der Waals surface area (Å²) in [5.74, 6) is 0.923. The fourth-order valence-corrected chi connectivity index (χ4v) is 2.01. The normalized spacial score (nSPS) is 10.3. The number of nitrogens with zero attached hydrogens (tertiary/aromatic N) is 2. The van der Waals surface area contributed by atoms with E-state index in [-0.39, 0.29) is 0 Å². The zero-order chi connectivity index (χ0) is 13.8. The van der Waals surface area contributed by atoms with Crippen molar-refractivity contribution in [2.24, 2.45) is 0 Å². The molecular weight excluding hydrogens is 281 g/mol. The molecule has 2 aromatic rings. The molecule has 100 valence electrons. The Morgan fingerprint density at radius 3 is 2.58 bits per heavy atom. The van der Waals surface area contributed by atoms with Gasteiger partial charge in [0, 0.05) is 30.7 Å². The van der Waals surface area contributed by atoms with Crippen LogP contribution in [0.1, 0.15) is 5.56 Å². The number of hydrogen-bond donors (Lipinski definition) is 1. The van der Waals surface area contributed by atoms with E-state index in [0.717, 1.165) is 17.1 Å². The summed E-state index contributed by atoms with van der Waals surface area (Å²) in [5, 5.41) is 4.66. The van der Waals surface area contributed by atoms with Crippen LogP contribution >= 0.6 is 23.2 Å². The summed E-state index contributed by atoms with van der Waals surface area (Å²) < 4.78 is 0. The molecule has 0 aliphatic rings. The second kappa shape index (κ2) is 6.13. The third kappa shape index (κ3) is 3.75.